The summed E-state index contributed by atoms with van der Waals surface area (Å²) in [6.45, 7) is 5.75. The quantitative estimate of drug-likeness (QED) is 0.850. The zero-order chi connectivity index (χ0) is 14.8. The molecular weight excluding hydrogens is 270 g/mol. The van der Waals surface area contributed by atoms with Gasteiger partial charge < -0.3 is 11.1 Å². The highest BCUT2D eigenvalue weighted by Gasteiger charge is 2.31. The lowest BCUT2D eigenvalue weighted by atomic mass is 9.83. The lowest BCUT2D eigenvalue weighted by molar-refractivity contribution is -0.126. The highest BCUT2D eigenvalue weighted by molar-refractivity contribution is 7.09. The maximum atomic E-state index is 12.5. The van der Waals surface area contributed by atoms with Gasteiger partial charge in [-0.1, -0.05) is 12.1 Å². The number of carbonyl (C=O) groups is 1. The Kier molecular flexibility index (Phi) is 4.09. The minimum Gasteiger partial charge on any atom is -0.399 e. The average Bonchev–Trinajstić information content (AvgIpc) is 2.93. The zero-order valence-corrected chi connectivity index (χ0v) is 12.7. The van der Waals surface area contributed by atoms with Crippen LogP contribution in [0, 0.1) is 0 Å². The predicted octanol–water partition coefficient (Wildman–Crippen LogP) is 2.88. The number of nitrogen functional groups attached to an aromatic ring is 1. The molecule has 0 bridgehead atoms. The Bertz CT molecular complexity index is 576. The van der Waals surface area contributed by atoms with Crippen LogP contribution >= 0.6 is 11.3 Å². The first-order chi connectivity index (χ1) is 9.41. The fraction of sp³-hybridized carbons (Fsp3) is 0.333. The van der Waals surface area contributed by atoms with Crippen LogP contribution in [0.3, 0.4) is 0 Å². The molecule has 0 spiro atoms. The van der Waals surface area contributed by atoms with E-state index in [0.717, 1.165) is 10.6 Å². The van der Waals surface area contributed by atoms with Gasteiger partial charge in [-0.3, -0.25) is 4.79 Å². The molecular formula is C15H19N3OS. The molecule has 0 aliphatic heterocycles. The molecule has 5 heteroatoms. The number of nitrogens with one attached hydrogen (secondary N) is 1. The molecule has 3 N–H and O–H groups in total. The molecule has 0 saturated carbocycles. The zero-order valence-electron chi connectivity index (χ0n) is 11.9. The second kappa shape index (κ2) is 5.63. The van der Waals surface area contributed by atoms with Gasteiger partial charge in [0.05, 0.1) is 11.5 Å². The smallest absolute Gasteiger partial charge is 0.230 e. The fourth-order valence-electron chi connectivity index (χ4n) is 1.92. The molecule has 0 radical (unpaired) electrons. The van der Waals surface area contributed by atoms with Crippen molar-refractivity contribution in [3.8, 4) is 0 Å². The van der Waals surface area contributed by atoms with E-state index in [0.29, 0.717) is 5.69 Å². The molecule has 0 fully saturated rings. The van der Waals surface area contributed by atoms with Gasteiger partial charge in [0.2, 0.25) is 5.91 Å². The van der Waals surface area contributed by atoms with Crippen molar-refractivity contribution in [2.45, 2.75) is 32.2 Å². The van der Waals surface area contributed by atoms with E-state index in [1.165, 1.54) is 11.3 Å². The van der Waals surface area contributed by atoms with Crippen LogP contribution in [0.25, 0.3) is 0 Å². The van der Waals surface area contributed by atoms with E-state index in [2.05, 4.69) is 10.3 Å². The maximum absolute atomic E-state index is 12.5. The van der Waals surface area contributed by atoms with Crippen molar-refractivity contribution in [2.75, 3.05) is 5.73 Å². The number of amides is 1. The number of hydrogen-bond acceptors (Lipinski definition) is 4. The lowest BCUT2D eigenvalue weighted by Gasteiger charge is -2.26. The Balaban J connectivity index is 2.13. The normalized spacial score (nSPS) is 12.9. The highest BCUT2D eigenvalue weighted by atomic mass is 32.1. The first-order valence-corrected chi connectivity index (χ1v) is 7.35. The van der Waals surface area contributed by atoms with Crippen molar-refractivity contribution in [3.63, 3.8) is 0 Å². The summed E-state index contributed by atoms with van der Waals surface area (Å²) >= 11 is 1.54. The molecule has 1 aromatic heterocycles. The maximum Gasteiger partial charge on any atom is 0.230 e. The van der Waals surface area contributed by atoms with Crippen LogP contribution in [0.1, 0.15) is 37.4 Å². The topological polar surface area (TPSA) is 68.0 Å². The average molecular weight is 289 g/mol. The third-order valence-corrected chi connectivity index (χ3v) is 4.33. The van der Waals surface area contributed by atoms with Crippen molar-refractivity contribution in [1.82, 2.24) is 10.3 Å². The fourth-order valence-corrected chi connectivity index (χ4v) is 2.56. The van der Waals surface area contributed by atoms with E-state index < -0.39 is 5.41 Å². The number of thiazole rings is 1. The van der Waals surface area contributed by atoms with Gasteiger partial charge in [-0.05, 0) is 38.5 Å². The summed E-state index contributed by atoms with van der Waals surface area (Å²) in [4.78, 5) is 16.7. The van der Waals surface area contributed by atoms with Crippen LogP contribution in [0.4, 0.5) is 5.69 Å². The van der Waals surface area contributed by atoms with Gasteiger partial charge in [0.25, 0.3) is 0 Å². The van der Waals surface area contributed by atoms with Gasteiger partial charge in [0.1, 0.15) is 5.01 Å². The molecule has 20 heavy (non-hydrogen) atoms. The van der Waals surface area contributed by atoms with E-state index in [4.69, 9.17) is 5.73 Å². The van der Waals surface area contributed by atoms with Gasteiger partial charge >= 0.3 is 0 Å². The van der Waals surface area contributed by atoms with Crippen LogP contribution in [0.5, 0.6) is 0 Å². The summed E-state index contributed by atoms with van der Waals surface area (Å²) in [5.41, 5.74) is 6.71. The van der Waals surface area contributed by atoms with Crippen molar-refractivity contribution in [2.24, 2.45) is 0 Å². The molecule has 0 saturated heterocycles. The van der Waals surface area contributed by atoms with E-state index in [1.807, 2.05) is 50.4 Å². The summed E-state index contributed by atoms with van der Waals surface area (Å²) in [5.74, 6) is -0.0232. The van der Waals surface area contributed by atoms with Crippen molar-refractivity contribution >= 4 is 22.9 Å². The van der Waals surface area contributed by atoms with Crippen LogP contribution in [0.2, 0.25) is 0 Å². The van der Waals surface area contributed by atoms with Crippen molar-refractivity contribution in [1.29, 1.82) is 0 Å². The molecule has 0 aliphatic carbocycles. The molecule has 2 rings (SSSR count). The van der Waals surface area contributed by atoms with E-state index in [1.54, 1.807) is 6.20 Å². The second-order valence-corrected chi connectivity index (χ2v) is 6.24. The van der Waals surface area contributed by atoms with Gasteiger partial charge in [0, 0.05) is 17.3 Å². The summed E-state index contributed by atoms with van der Waals surface area (Å²) in [6.07, 6.45) is 1.74. The van der Waals surface area contributed by atoms with Crippen LogP contribution in [-0.4, -0.2) is 10.9 Å². The number of aromatic nitrogens is 1. The largest absolute Gasteiger partial charge is 0.399 e. The Labute approximate surface area is 123 Å². The van der Waals surface area contributed by atoms with E-state index in [9.17, 15) is 4.79 Å². The summed E-state index contributed by atoms with van der Waals surface area (Å²) in [7, 11) is 0. The van der Waals surface area contributed by atoms with E-state index >= 15 is 0 Å². The van der Waals surface area contributed by atoms with Gasteiger partial charge in [-0.15, -0.1) is 11.3 Å². The summed E-state index contributed by atoms with van der Waals surface area (Å²) in [5, 5.41) is 5.83. The number of hydrogen-bond donors (Lipinski definition) is 2. The molecule has 1 atom stereocenters. The Morgan fingerprint density at radius 2 is 2.00 bits per heavy atom. The Hall–Kier alpha value is -1.88. The highest BCUT2D eigenvalue weighted by Crippen LogP contribution is 2.26. The third kappa shape index (κ3) is 2.99. The first kappa shape index (κ1) is 14.5. The molecule has 0 aliphatic rings. The Morgan fingerprint density at radius 1 is 1.35 bits per heavy atom. The SMILES string of the molecule is CC(NC(=O)C(C)(C)c1ccc(N)cc1)c1nccs1. The van der Waals surface area contributed by atoms with Crippen molar-refractivity contribution < 1.29 is 4.79 Å². The number of rotatable bonds is 4. The molecule has 4 nitrogen and oxygen atoms in total. The van der Waals surface area contributed by atoms with E-state index in [-0.39, 0.29) is 11.9 Å². The number of nitrogens with zero attached hydrogens (tertiary/aromatic N) is 1. The minimum absolute atomic E-state index is 0.0232. The second-order valence-electron chi connectivity index (χ2n) is 5.31. The number of anilines is 1. The number of benzene rings is 1. The lowest BCUT2D eigenvalue weighted by Crippen LogP contribution is -2.41. The third-order valence-electron chi connectivity index (χ3n) is 3.37. The van der Waals surface area contributed by atoms with Crippen LogP contribution in [0.15, 0.2) is 35.8 Å². The number of carbonyl (C=O) groups excluding carboxylic acids is 1. The molecule has 1 heterocycles. The van der Waals surface area contributed by atoms with Gasteiger partial charge in [-0.25, -0.2) is 4.98 Å². The molecule has 1 amide bonds. The van der Waals surface area contributed by atoms with Gasteiger partial charge in [0.15, 0.2) is 0 Å². The molecule has 106 valence electrons. The number of nitrogens with two attached hydrogens (primary N) is 1. The van der Waals surface area contributed by atoms with Crippen LogP contribution < -0.4 is 11.1 Å². The first-order valence-electron chi connectivity index (χ1n) is 6.47. The molecule has 1 aromatic carbocycles. The predicted molar refractivity (Wildman–Crippen MR) is 82.6 cm³/mol. The summed E-state index contributed by atoms with van der Waals surface area (Å²) in [6, 6.07) is 7.32. The minimum atomic E-state index is -0.612. The van der Waals surface area contributed by atoms with Crippen LogP contribution in [-0.2, 0) is 10.2 Å². The summed E-state index contributed by atoms with van der Waals surface area (Å²) < 4.78 is 0. The molecule has 1 unspecified atom stereocenters. The van der Waals surface area contributed by atoms with Gasteiger partial charge in [-0.2, -0.15) is 0 Å². The monoisotopic (exact) mass is 289 g/mol. The Morgan fingerprint density at radius 3 is 2.55 bits per heavy atom. The standard InChI is InChI=1S/C15H19N3OS/c1-10(13-17-8-9-20-13)18-14(19)15(2,3)11-4-6-12(16)7-5-11/h4-10H,16H2,1-3H3,(H,18,19). The molecule has 2 aromatic rings. The van der Waals surface area contributed by atoms with Crippen molar-refractivity contribution in [3.05, 3.63) is 46.4 Å².